The van der Waals surface area contributed by atoms with Gasteiger partial charge in [-0.25, -0.2) is 4.57 Å². The molecule has 0 aliphatic rings. The number of pyridine rings is 1. The van der Waals surface area contributed by atoms with E-state index >= 15 is 0 Å². The topological polar surface area (TPSA) is 44.3 Å². The minimum atomic E-state index is -1.42. The monoisotopic (exact) mass is 214 g/mol. The largest absolute Gasteiger partial charge is 0.488 e. The first-order valence-corrected chi connectivity index (χ1v) is 5.15. The summed E-state index contributed by atoms with van der Waals surface area (Å²) in [5.41, 5.74) is 1.47. The first kappa shape index (κ1) is 10.9. The summed E-state index contributed by atoms with van der Waals surface area (Å²) < 4.78 is 1.99. The van der Waals surface area contributed by atoms with Gasteiger partial charge in [-0.3, -0.25) is 0 Å². The normalized spacial score (nSPS) is 10.1. The average Bonchev–Trinajstić information content (AvgIpc) is 2.31. The first-order chi connectivity index (χ1) is 7.77. The molecule has 1 aromatic carbocycles. The molecule has 2 aromatic rings. The van der Waals surface area contributed by atoms with E-state index in [1.54, 1.807) is 12.1 Å². The number of hydrogen-bond donors (Lipinski definition) is 2. The predicted octanol–water partition coefficient (Wildman–Crippen LogP) is -0.298. The Bertz CT molecular complexity index is 460. The Morgan fingerprint density at radius 3 is 2.31 bits per heavy atom. The molecule has 0 unspecified atom stereocenters. The van der Waals surface area contributed by atoms with Crippen LogP contribution in [-0.4, -0.2) is 17.2 Å². The van der Waals surface area contributed by atoms with Gasteiger partial charge in [-0.05, 0) is 5.46 Å². The summed E-state index contributed by atoms with van der Waals surface area (Å²) in [5.74, 6) is 0. The third-order valence-electron chi connectivity index (χ3n) is 2.46. The van der Waals surface area contributed by atoms with Crippen LogP contribution in [0.3, 0.4) is 0 Å². The maximum atomic E-state index is 9.23. The van der Waals surface area contributed by atoms with Crippen molar-refractivity contribution in [2.24, 2.45) is 0 Å². The summed E-state index contributed by atoms with van der Waals surface area (Å²) in [7, 11) is -1.42. The van der Waals surface area contributed by atoms with Crippen LogP contribution in [0.4, 0.5) is 0 Å². The molecule has 1 aromatic heterocycles. The summed E-state index contributed by atoms with van der Waals surface area (Å²) in [6, 6.07) is 13.1. The van der Waals surface area contributed by atoms with E-state index in [0.29, 0.717) is 12.0 Å². The number of hydrogen-bond acceptors (Lipinski definition) is 2. The Morgan fingerprint density at radius 1 is 0.938 bits per heavy atom. The molecule has 16 heavy (non-hydrogen) atoms. The summed E-state index contributed by atoms with van der Waals surface area (Å²) >= 11 is 0. The third kappa shape index (κ3) is 2.48. The van der Waals surface area contributed by atoms with E-state index in [1.807, 2.05) is 47.3 Å². The Hall–Kier alpha value is -1.65. The summed E-state index contributed by atoms with van der Waals surface area (Å²) in [4.78, 5) is 0. The highest BCUT2D eigenvalue weighted by molar-refractivity contribution is 6.59. The molecule has 2 N–H and O–H groups in total. The molecular formula is C12H13BNO2+. The van der Waals surface area contributed by atoms with Gasteiger partial charge in [0.1, 0.15) is 0 Å². The highest BCUT2D eigenvalue weighted by atomic mass is 16.4. The molecule has 0 aliphatic heterocycles. The standard InChI is InChI=1S/C12H13BNO2/c15-13(16)12-7-3-2-6-11(12)10-14-8-4-1-5-9-14/h1-9,15-16H,10H2/q+1. The van der Waals surface area contributed by atoms with Gasteiger partial charge in [0.25, 0.3) is 0 Å². The van der Waals surface area contributed by atoms with Gasteiger partial charge in [0.05, 0.1) is 0 Å². The van der Waals surface area contributed by atoms with Crippen LogP contribution < -0.4 is 10.0 Å². The number of benzene rings is 1. The van der Waals surface area contributed by atoms with Crippen LogP contribution in [0.15, 0.2) is 54.9 Å². The zero-order valence-corrected chi connectivity index (χ0v) is 8.82. The van der Waals surface area contributed by atoms with Gasteiger partial charge >= 0.3 is 7.12 Å². The lowest BCUT2D eigenvalue weighted by molar-refractivity contribution is -0.688. The maximum absolute atomic E-state index is 9.23. The van der Waals surface area contributed by atoms with Crippen molar-refractivity contribution in [3.8, 4) is 0 Å². The van der Waals surface area contributed by atoms with Gasteiger partial charge in [0.15, 0.2) is 18.9 Å². The van der Waals surface area contributed by atoms with Crippen LogP contribution in [-0.2, 0) is 6.54 Å². The van der Waals surface area contributed by atoms with Crippen molar-refractivity contribution >= 4 is 12.6 Å². The molecule has 0 spiro atoms. The Labute approximate surface area is 94.8 Å². The second kappa shape index (κ2) is 4.92. The summed E-state index contributed by atoms with van der Waals surface area (Å²) in [6.45, 7) is 0.634. The van der Waals surface area contributed by atoms with E-state index in [-0.39, 0.29) is 0 Å². The van der Waals surface area contributed by atoms with E-state index in [9.17, 15) is 10.0 Å². The van der Waals surface area contributed by atoms with E-state index in [2.05, 4.69) is 0 Å². The molecule has 0 aliphatic carbocycles. The quantitative estimate of drug-likeness (QED) is 0.544. The molecule has 80 valence electrons. The molecule has 4 heteroatoms. The first-order valence-electron chi connectivity index (χ1n) is 5.15. The Kier molecular flexibility index (Phi) is 3.34. The lowest BCUT2D eigenvalue weighted by Crippen LogP contribution is -2.40. The average molecular weight is 214 g/mol. The van der Waals surface area contributed by atoms with Gasteiger partial charge < -0.3 is 10.0 Å². The fourth-order valence-electron chi connectivity index (χ4n) is 1.67. The fourth-order valence-corrected chi connectivity index (χ4v) is 1.67. The Balaban J connectivity index is 2.28. The Morgan fingerprint density at radius 2 is 1.62 bits per heavy atom. The minimum absolute atomic E-state index is 0.554. The molecule has 0 saturated carbocycles. The lowest BCUT2D eigenvalue weighted by atomic mass is 9.77. The van der Waals surface area contributed by atoms with Crippen LogP contribution >= 0.6 is 0 Å². The van der Waals surface area contributed by atoms with Gasteiger partial charge in [-0.15, -0.1) is 0 Å². The van der Waals surface area contributed by atoms with Crippen molar-refractivity contribution in [1.82, 2.24) is 0 Å². The third-order valence-corrected chi connectivity index (χ3v) is 2.46. The zero-order chi connectivity index (χ0) is 11.4. The molecule has 0 saturated heterocycles. The van der Waals surface area contributed by atoms with E-state index in [1.165, 1.54) is 0 Å². The molecule has 0 atom stereocenters. The molecule has 1 heterocycles. The van der Waals surface area contributed by atoms with Gasteiger partial charge in [-0.1, -0.05) is 30.3 Å². The number of rotatable bonds is 3. The highest BCUT2D eigenvalue weighted by Gasteiger charge is 2.17. The van der Waals surface area contributed by atoms with E-state index in [0.717, 1.165) is 5.56 Å². The smallest absolute Gasteiger partial charge is 0.423 e. The summed E-state index contributed by atoms with van der Waals surface area (Å²) in [6.07, 6.45) is 3.89. The number of nitrogens with zero attached hydrogens (tertiary/aromatic N) is 1. The van der Waals surface area contributed by atoms with Crippen molar-refractivity contribution < 1.29 is 14.6 Å². The van der Waals surface area contributed by atoms with Gasteiger partial charge in [0.2, 0.25) is 0 Å². The van der Waals surface area contributed by atoms with Crippen LogP contribution in [0.1, 0.15) is 5.56 Å². The van der Waals surface area contributed by atoms with Crippen LogP contribution in [0.2, 0.25) is 0 Å². The molecule has 3 nitrogen and oxygen atoms in total. The zero-order valence-electron chi connectivity index (χ0n) is 8.82. The molecule has 0 fully saturated rings. The predicted molar refractivity (Wildman–Crippen MR) is 62.0 cm³/mol. The molecule has 0 bridgehead atoms. The second-order valence-electron chi connectivity index (χ2n) is 3.62. The van der Waals surface area contributed by atoms with Crippen molar-refractivity contribution in [2.75, 3.05) is 0 Å². The summed E-state index contributed by atoms with van der Waals surface area (Å²) in [5, 5.41) is 18.5. The molecule has 0 amide bonds. The SMILES string of the molecule is OB(O)c1ccccc1C[n+]1ccccc1. The highest BCUT2D eigenvalue weighted by Crippen LogP contribution is 1.96. The molecule has 0 radical (unpaired) electrons. The van der Waals surface area contributed by atoms with Crippen molar-refractivity contribution in [2.45, 2.75) is 6.54 Å². The fraction of sp³-hybridized carbons (Fsp3) is 0.0833. The van der Waals surface area contributed by atoms with Crippen LogP contribution in [0.5, 0.6) is 0 Å². The van der Waals surface area contributed by atoms with E-state index in [4.69, 9.17) is 0 Å². The van der Waals surface area contributed by atoms with Crippen molar-refractivity contribution in [3.05, 3.63) is 60.4 Å². The van der Waals surface area contributed by atoms with Crippen LogP contribution in [0, 0.1) is 0 Å². The maximum Gasteiger partial charge on any atom is 0.488 e. The second-order valence-corrected chi connectivity index (χ2v) is 3.62. The van der Waals surface area contributed by atoms with Gasteiger partial charge in [0, 0.05) is 17.7 Å². The van der Waals surface area contributed by atoms with Crippen molar-refractivity contribution in [1.29, 1.82) is 0 Å². The van der Waals surface area contributed by atoms with E-state index < -0.39 is 7.12 Å². The van der Waals surface area contributed by atoms with Gasteiger partial charge in [-0.2, -0.15) is 0 Å². The minimum Gasteiger partial charge on any atom is -0.423 e. The van der Waals surface area contributed by atoms with Crippen LogP contribution in [0.25, 0.3) is 0 Å². The number of aromatic nitrogens is 1. The molecular weight excluding hydrogens is 201 g/mol. The lowest BCUT2D eigenvalue weighted by Gasteiger charge is -2.05. The molecule has 2 rings (SSSR count). The van der Waals surface area contributed by atoms with Crippen molar-refractivity contribution in [3.63, 3.8) is 0 Å².